The number of aromatic nitrogens is 1. The summed E-state index contributed by atoms with van der Waals surface area (Å²) in [5.41, 5.74) is 1.16. The quantitative estimate of drug-likeness (QED) is 0.305. The third-order valence-corrected chi connectivity index (χ3v) is 6.35. The van der Waals surface area contributed by atoms with Crippen LogP contribution in [0.4, 0.5) is 0 Å². The highest BCUT2D eigenvalue weighted by Crippen LogP contribution is 2.42. The summed E-state index contributed by atoms with van der Waals surface area (Å²) >= 11 is 0. The lowest BCUT2D eigenvalue weighted by molar-refractivity contribution is -0.140. The Labute approximate surface area is 211 Å². The van der Waals surface area contributed by atoms with Gasteiger partial charge in [0, 0.05) is 44.1 Å². The molecule has 9 heteroatoms. The second-order valence-electron chi connectivity index (χ2n) is 8.61. The zero-order valence-corrected chi connectivity index (χ0v) is 20.8. The van der Waals surface area contributed by atoms with Crippen LogP contribution < -0.4 is 9.47 Å². The molecule has 192 valence electrons. The molecule has 1 aromatic carbocycles. The average Bonchev–Trinajstić information content (AvgIpc) is 3.16. The Morgan fingerprint density at radius 3 is 2.42 bits per heavy atom. The van der Waals surface area contributed by atoms with Crippen molar-refractivity contribution < 1.29 is 28.9 Å². The number of hydrogen-bond acceptors (Lipinski definition) is 8. The molecule has 0 aliphatic carbocycles. The molecule has 1 unspecified atom stereocenters. The smallest absolute Gasteiger partial charge is 0.295 e. The zero-order chi connectivity index (χ0) is 25.5. The Balaban J connectivity index is 1.71. The van der Waals surface area contributed by atoms with Gasteiger partial charge in [0.25, 0.3) is 11.7 Å². The fourth-order valence-corrected chi connectivity index (χ4v) is 4.65. The van der Waals surface area contributed by atoms with Gasteiger partial charge in [0.05, 0.1) is 38.0 Å². The minimum absolute atomic E-state index is 0.0594. The molecule has 2 aliphatic rings. The van der Waals surface area contributed by atoms with Crippen molar-refractivity contribution in [2.45, 2.75) is 26.3 Å². The predicted octanol–water partition coefficient (Wildman–Crippen LogP) is 3.02. The molecule has 0 spiro atoms. The topological polar surface area (TPSA) is 101 Å². The summed E-state index contributed by atoms with van der Waals surface area (Å²) in [4.78, 5) is 34.3. The Bertz CT molecular complexity index is 1100. The largest absolute Gasteiger partial charge is 0.507 e. The normalized spacial score (nSPS) is 20.1. The molecule has 2 aliphatic heterocycles. The molecule has 2 fully saturated rings. The molecule has 4 rings (SSSR count). The van der Waals surface area contributed by atoms with E-state index in [-0.39, 0.29) is 11.3 Å². The van der Waals surface area contributed by atoms with E-state index in [1.165, 1.54) is 12.4 Å². The number of carbonyl (C=O) groups excluding carboxylic acids is 2. The molecule has 0 radical (unpaired) electrons. The molecule has 0 saturated carbocycles. The number of hydrogen-bond donors (Lipinski definition) is 1. The number of pyridine rings is 1. The number of ether oxygens (including phenoxy) is 3. The van der Waals surface area contributed by atoms with Crippen LogP contribution in [-0.4, -0.2) is 84.2 Å². The maximum Gasteiger partial charge on any atom is 0.295 e. The molecule has 1 atom stereocenters. The van der Waals surface area contributed by atoms with E-state index in [1.807, 2.05) is 19.9 Å². The first-order valence-electron chi connectivity index (χ1n) is 12.4. The number of carbonyl (C=O) groups is 2. The number of amides is 1. The van der Waals surface area contributed by atoms with Crippen LogP contribution in [0.2, 0.25) is 0 Å². The standard InChI is InChI=1S/C27H33N3O6/c1-3-35-21-7-6-20(18-22(21)36-4-2)24-23(25(31)19-8-10-28-11-9-19)26(32)27(33)30(24)13-5-12-29-14-16-34-17-15-29/h6-11,18,24,31H,3-5,12-17H2,1-2H3/b25-23+. The van der Waals surface area contributed by atoms with Crippen LogP contribution in [0.1, 0.15) is 37.4 Å². The number of likely N-dealkylation sites (tertiary alicyclic amines) is 1. The van der Waals surface area contributed by atoms with E-state index in [0.29, 0.717) is 62.0 Å². The highest BCUT2D eigenvalue weighted by molar-refractivity contribution is 6.46. The van der Waals surface area contributed by atoms with Crippen molar-refractivity contribution in [2.75, 3.05) is 52.6 Å². The molecule has 36 heavy (non-hydrogen) atoms. The van der Waals surface area contributed by atoms with Crippen LogP contribution >= 0.6 is 0 Å². The first kappa shape index (κ1) is 25.7. The van der Waals surface area contributed by atoms with Gasteiger partial charge in [0.15, 0.2) is 11.5 Å². The average molecular weight is 496 g/mol. The van der Waals surface area contributed by atoms with Crippen LogP contribution in [0.15, 0.2) is 48.3 Å². The molecule has 0 bridgehead atoms. The third kappa shape index (κ3) is 5.52. The van der Waals surface area contributed by atoms with Gasteiger partial charge in [-0.2, -0.15) is 0 Å². The summed E-state index contributed by atoms with van der Waals surface area (Å²) in [5.74, 6) is -0.429. The SMILES string of the molecule is CCOc1ccc(C2/C(=C(\O)c3ccncc3)C(=O)C(=O)N2CCCN2CCOCC2)cc1OCC. The Morgan fingerprint density at radius 2 is 1.72 bits per heavy atom. The maximum atomic E-state index is 13.3. The summed E-state index contributed by atoms with van der Waals surface area (Å²) in [6, 6.07) is 7.87. The number of aliphatic hydroxyl groups is 1. The van der Waals surface area contributed by atoms with Crippen LogP contribution in [0, 0.1) is 0 Å². The highest BCUT2D eigenvalue weighted by Gasteiger charge is 2.46. The predicted molar refractivity (Wildman–Crippen MR) is 134 cm³/mol. The summed E-state index contributed by atoms with van der Waals surface area (Å²) in [7, 11) is 0. The minimum Gasteiger partial charge on any atom is -0.507 e. The molecule has 2 aromatic rings. The van der Waals surface area contributed by atoms with Gasteiger partial charge in [-0.1, -0.05) is 6.07 Å². The van der Waals surface area contributed by atoms with Gasteiger partial charge in [-0.05, 0) is 50.1 Å². The van der Waals surface area contributed by atoms with Crippen LogP contribution in [0.25, 0.3) is 5.76 Å². The first-order valence-corrected chi connectivity index (χ1v) is 12.4. The van der Waals surface area contributed by atoms with Crippen molar-refractivity contribution >= 4 is 17.4 Å². The van der Waals surface area contributed by atoms with E-state index in [1.54, 1.807) is 29.2 Å². The van der Waals surface area contributed by atoms with Crippen LogP contribution in [-0.2, 0) is 14.3 Å². The van der Waals surface area contributed by atoms with E-state index >= 15 is 0 Å². The fourth-order valence-electron chi connectivity index (χ4n) is 4.65. The number of ketones is 1. The van der Waals surface area contributed by atoms with Crippen molar-refractivity contribution in [1.29, 1.82) is 0 Å². The number of benzene rings is 1. The van der Waals surface area contributed by atoms with Gasteiger partial charge in [0.2, 0.25) is 0 Å². The molecular weight excluding hydrogens is 462 g/mol. The molecule has 3 heterocycles. The van der Waals surface area contributed by atoms with Gasteiger partial charge in [0.1, 0.15) is 5.76 Å². The Hall–Kier alpha value is -3.43. The number of Topliss-reactive ketones (excluding diaryl/α,β-unsaturated/α-hetero) is 1. The van der Waals surface area contributed by atoms with Gasteiger partial charge < -0.3 is 24.2 Å². The zero-order valence-electron chi connectivity index (χ0n) is 20.8. The molecule has 1 aromatic heterocycles. The Kier molecular flexibility index (Phi) is 8.56. The molecule has 1 N–H and O–H groups in total. The number of aliphatic hydroxyl groups excluding tert-OH is 1. The van der Waals surface area contributed by atoms with Gasteiger partial charge in [-0.15, -0.1) is 0 Å². The Morgan fingerprint density at radius 1 is 1.03 bits per heavy atom. The molecular formula is C27H33N3O6. The lowest BCUT2D eigenvalue weighted by Gasteiger charge is -2.29. The van der Waals surface area contributed by atoms with E-state index in [4.69, 9.17) is 14.2 Å². The summed E-state index contributed by atoms with van der Waals surface area (Å²) in [6.45, 7) is 8.92. The second-order valence-corrected chi connectivity index (χ2v) is 8.61. The number of nitrogens with zero attached hydrogens (tertiary/aromatic N) is 3. The van der Waals surface area contributed by atoms with E-state index in [2.05, 4.69) is 9.88 Å². The van der Waals surface area contributed by atoms with Crippen LogP contribution in [0.5, 0.6) is 11.5 Å². The van der Waals surface area contributed by atoms with Gasteiger partial charge >= 0.3 is 0 Å². The van der Waals surface area contributed by atoms with Gasteiger partial charge in [-0.25, -0.2) is 0 Å². The van der Waals surface area contributed by atoms with E-state index in [9.17, 15) is 14.7 Å². The summed E-state index contributed by atoms with van der Waals surface area (Å²) in [5, 5.41) is 11.2. The molecule has 1 amide bonds. The highest BCUT2D eigenvalue weighted by atomic mass is 16.5. The summed E-state index contributed by atoms with van der Waals surface area (Å²) < 4.78 is 16.9. The van der Waals surface area contributed by atoms with Gasteiger partial charge in [-0.3, -0.25) is 19.5 Å². The minimum atomic E-state index is -0.752. The summed E-state index contributed by atoms with van der Waals surface area (Å²) in [6.07, 6.45) is 3.76. The van der Waals surface area contributed by atoms with Crippen molar-refractivity contribution in [3.8, 4) is 11.5 Å². The maximum absolute atomic E-state index is 13.3. The monoisotopic (exact) mass is 495 g/mol. The number of rotatable bonds is 10. The lowest BCUT2D eigenvalue weighted by atomic mass is 9.95. The fraction of sp³-hybridized carbons (Fsp3) is 0.444. The van der Waals surface area contributed by atoms with E-state index in [0.717, 1.165) is 19.6 Å². The second kappa shape index (κ2) is 12.0. The molecule has 2 saturated heterocycles. The third-order valence-electron chi connectivity index (χ3n) is 6.35. The first-order chi connectivity index (χ1) is 17.5. The van der Waals surface area contributed by atoms with Crippen LogP contribution in [0.3, 0.4) is 0 Å². The van der Waals surface area contributed by atoms with Crippen molar-refractivity contribution in [3.63, 3.8) is 0 Å². The molecule has 9 nitrogen and oxygen atoms in total. The lowest BCUT2D eigenvalue weighted by Crippen LogP contribution is -2.39. The number of morpholine rings is 1. The van der Waals surface area contributed by atoms with Crippen molar-refractivity contribution in [1.82, 2.24) is 14.8 Å². The van der Waals surface area contributed by atoms with Crippen molar-refractivity contribution in [3.05, 3.63) is 59.4 Å². The van der Waals surface area contributed by atoms with Crippen molar-refractivity contribution in [2.24, 2.45) is 0 Å². The van der Waals surface area contributed by atoms with E-state index < -0.39 is 17.7 Å².